The first-order chi connectivity index (χ1) is 14.7. The number of hydrogen-bond acceptors (Lipinski definition) is 4. The molecule has 2 aromatic rings. The summed E-state index contributed by atoms with van der Waals surface area (Å²) in [6.07, 6.45) is 6.30. The molecular formula is C25H33N3O3. The van der Waals surface area contributed by atoms with E-state index in [4.69, 9.17) is 4.74 Å². The molecule has 0 spiro atoms. The van der Waals surface area contributed by atoms with Crippen molar-refractivity contribution in [3.8, 4) is 0 Å². The number of nitrogens with zero attached hydrogens (tertiary/aromatic N) is 2. The maximum absolute atomic E-state index is 13.7. The lowest BCUT2D eigenvalue weighted by Crippen LogP contribution is -2.52. The second kappa shape index (κ2) is 9.94. The van der Waals surface area contributed by atoms with Crippen molar-refractivity contribution in [2.45, 2.75) is 71.1 Å². The van der Waals surface area contributed by atoms with E-state index in [1.54, 1.807) is 6.20 Å². The molecule has 1 aromatic heterocycles. The van der Waals surface area contributed by atoms with Crippen molar-refractivity contribution in [3.63, 3.8) is 0 Å². The number of carbonyl (C=O) groups excluding carboxylic acids is 2. The smallest absolute Gasteiger partial charge is 0.408 e. The third kappa shape index (κ3) is 6.54. The molecule has 3 rings (SSSR count). The van der Waals surface area contributed by atoms with Gasteiger partial charge in [-0.3, -0.25) is 9.78 Å². The molecule has 0 aliphatic carbocycles. The number of alkyl carbamates (subject to hydrolysis) is 1. The number of rotatable bonds is 5. The van der Waals surface area contributed by atoms with Crippen molar-refractivity contribution in [3.05, 3.63) is 65.5 Å². The molecule has 1 saturated heterocycles. The van der Waals surface area contributed by atoms with Crippen LogP contribution in [0, 0.1) is 6.92 Å². The summed E-state index contributed by atoms with van der Waals surface area (Å²) in [6.45, 7) is 8.12. The fourth-order valence-electron chi connectivity index (χ4n) is 4.04. The molecule has 2 amide bonds. The van der Waals surface area contributed by atoms with Gasteiger partial charge in [-0.05, 0) is 64.2 Å². The average molecular weight is 424 g/mol. The van der Waals surface area contributed by atoms with Crippen molar-refractivity contribution >= 4 is 12.0 Å². The Balaban J connectivity index is 1.85. The van der Waals surface area contributed by atoms with Crippen LogP contribution < -0.4 is 5.32 Å². The van der Waals surface area contributed by atoms with Gasteiger partial charge in [0.15, 0.2) is 0 Å². The zero-order valence-corrected chi connectivity index (χ0v) is 18.9. The monoisotopic (exact) mass is 423 g/mol. The lowest BCUT2D eigenvalue weighted by atomic mass is 9.94. The van der Waals surface area contributed by atoms with Gasteiger partial charge in [-0.1, -0.05) is 35.9 Å². The lowest BCUT2D eigenvalue weighted by molar-refractivity contribution is -0.137. The van der Waals surface area contributed by atoms with E-state index in [1.165, 1.54) is 0 Å². The highest BCUT2D eigenvalue weighted by Gasteiger charge is 2.34. The lowest BCUT2D eigenvalue weighted by Gasteiger charge is -2.38. The quantitative estimate of drug-likeness (QED) is 0.764. The maximum Gasteiger partial charge on any atom is 0.408 e. The molecule has 0 bridgehead atoms. The second-order valence-electron chi connectivity index (χ2n) is 9.22. The Morgan fingerprint density at radius 2 is 2.03 bits per heavy atom. The van der Waals surface area contributed by atoms with Crippen molar-refractivity contribution in [1.29, 1.82) is 0 Å². The van der Waals surface area contributed by atoms with Crippen LogP contribution in [0.2, 0.25) is 0 Å². The fraction of sp³-hybridized carbons (Fsp3) is 0.480. The molecule has 2 atom stereocenters. The molecule has 1 aliphatic heterocycles. The summed E-state index contributed by atoms with van der Waals surface area (Å²) in [6, 6.07) is 11.2. The summed E-state index contributed by atoms with van der Waals surface area (Å²) in [5.74, 6) is -0.0825. The van der Waals surface area contributed by atoms with E-state index in [-0.39, 0.29) is 11.9 Å². The van der Waals surface area contributed by atoms with Crippen molar-refractivity contribution in [2.75, 3.05) is 6.54 Å². The number of aromatic nitrogens is 1. The van der Waals surface area contributed by atoms with E-state index in [1.807, 2.05) is 75.2 Å². The normalized spacial score (nSPS) is 17.7. The van der Waals surface area contributed by atoms with Crippen LogP contribution >= 0.6 is 0 Å². The fourth-order valence-corrected chi connectivity index (χ4v) is 4.04. The van der Waals surface area contributed by atoms with Gasteiger partial charge in [0.2, 0.25) is 5.91 Å². The minimum Gasteiger partial charge on any atom is -0.444 e. The summed E-state index contributed by atoms with van der Waals surface area (Å²) < 4.78 is 5.45. The van der Waals surface area contributed by atoms with Gasteiger partial charge in [0, 0.05) is 25.4 Å². The van der Waals surface area contributed by atoms with Crippen LogP contribution in [0.15, 0.2) is 48.8 Å². The van der Waals surface area contributed by atoms with Crippen LogP contribution in [0.5, 0.6) is 0 Å². The van der Waals surface area contributed by atoms with E-state index in [0.717, 1.165) is 36.0 Å². The van der Waals surface area contributed by atoms with Crippen molar-refractivity contribution in [2.24, 2.45) is 0 Å². The molecule has 31 heavy (non-hydrogen) atoms. The summed E-state index contributed by atoms with van der Waals surface area (Å²) in [7, 11) is 0. The van der Waals surface area contributed by atoms with Gasteiger partial charge < -0.3 is 15.0 Å². The highest BCUT2D eigenvalue weighted by atomic mass is 16.6. The van der Waals surface area contributed by atoms with Crippen molar-refractivity contribution in [1.82, 2.24) is 15.2 Å². The summed E-state index contributed by atoms with van der Waals surface area (Å²) in [5.41, 5.74) is 2.52. The number of piperidine rings is 1. The van der Waals surface area contributed by atoms with E-state index in [0.29, 0.717) is 13.0 Å². The third-order valence-electron chi connectivity index (χ3n) is 5.37. The van der Waals surface area contributed by atoms with E-state index < -0.39 is 17.7 Å². The number of likely N-dealkylation sites (tertiary alicyclic amines) is 1. The molecule has 0 unspecified atom stereocenters. The van der Waals surface area contributed by atoms with E-state index >= 15 is 0 Å². The summed E-state index contributed by atoms with van der Waals surface area (Å²) in [5, 5.41) is 2.84. The predicted octanol–water partition coefficient (Wildman–Crippen LogP) is 4.58. The zero-order valence-electron chi connectivity index (χ0n) is 18.9. The van der Waals surface area contributed by atoms with Gasteiger partial charge in [0.1, 0.15) is 11.6 Å². The summed E-state index contributed by atoms with van der Waals surface area (Å²) in [4.78, 5) is 32.4. The van der Waals surface area contributed by atoms with Gasteiger partial charge in [-0.15, -0.1) is 0 Å². The molecule has 1 aromatic carbocycles. The molecule has 1 N–H and O–H groups in total. The van der Waals surface area contributed by atoms with Crippen LogP contribution in [0.3, 0.4) is 0 Å². The largest absolute Gasteiger partial charge is 0.444 e. The first-order valence-corrected chi connectivity index (χ1v) is 11.0. The van der Waals surface area contributed by atoms with Gasteiger partial charge in [-0.25, -0.2) is 4.79 Å². The number of ether oxygens (including phenoxy) is 1. The first kappa shape index (κ1) is 22.8. The van der Waals surface area contributed by atoms with Crippen LogP contribution in [0.1, 0.15) is 62.8 Å². The van der Waals surface area contributed by atoms with E-state index in [9.17, 15) is 9.59 Å². The number of pyridine rings is 1. The summed E-state index contributed by atoms with van der Waals surface area (Å²) >= 11 is 0. The van der Waals surface area contributed by atoms with E-state index in [2.05, 4.69) is 10.3 Å². The topological polar surface area (TPSA) is 71.5 Å². The SMILES string of the molecule is Cc1cccc(C[C@H](NC(=O)OC(C)(C)C)C(=O)N2CCCC[C@@H]2c2cccnc2)c1. The number of hydrogen-bond donors (Lipinski definition) is 1. The van der Waals surface area contributed by atoms with Crippen LogP contribution in [0.4, 0.5) is 4.79 Å². The third-order valence-corrected chi connectivity index (χ3v) is 5.37. The number of amides is 2. The minimum absolute atomic E-state index is 0.0320. The standard InChI is InChI=1S/C25H33N3O3/c1-18-9-7-10-19(15-18)16-21(27-24(30)31-25(2,3)4)23(29)28-14-6-5-12-22(28)20-11-8-13-26-17-20/h7-11,13,15,17,21-22H,5-6,12,14,16H2,1-4H3,(H,27,30)/t21-,22+/m0/s1. The second-order valence-corrected chi connectivity index (χ2v) is 9.22. The molecule has 6 nitrogen and oxygen atoms in total. The molecule has 6 heteroatoms. The van der Waals surface area contributed by atoms with Crippen LogP contribution in [-0.2, 0) is 16.0 Å². The average Bonchev–Trinajstić information content (AvgIpc) is 2.72. The Labute approximate surface area is 185 Å². The minimum atomic E-state index is -0.700. The molecule has 0 radical (unpaired) electrons. The zero-order chi connectivity index (χ0) is 22.4. The maximum atomic E-state index is 13.7. The molecule has 0 saturated carbocycles. The first-order valence-electron chi connectivity index (χ1n) is 11.0. The molecular weight excluding hydrogens is 390 g/mol. The highest BCUT2D eigenvalue weighted by molar-refractivity contribution is 5.86. The molecule has 1 fully saturated rings. The van der Waals surface area contributed by atoms with Gasteiger partial charge in [0.25, 0.3) is 0 Å². The van der Waals surface area contributed by atoms with Crippen LogP contribution in [0.25, 0.3) is 0 Å². The number of carbonyl (C=O) groups is 2. The Bertz CT molecular complexity index is 892. The number of benzene rings is 1. The Hall–Kier alpha value is -2.89. The van der Waals surface area contributed by atoms with Gasteiger partial charge >= 0.3 is 6.09 Å². The van der Waals surface area contributed by atoms with Crippen LogP contribution in [-0.4, -0.2) is 40.1 Å². The van der Waals surface area contributed by atoms with Gasteiger partial charge in [0.05, 0.1) is 6.04 Å². The number of aryl methyl sites for hydroxylation is 1. The Kier molecular flexibility index (Phi) is 7.31. The Morgan fingerprint density at radius 3 is 2.71 bits per heavy atom. The predicted molar refractivity (Wildman–Crippen MR) is 121 cm³/mol. The molecule has 166 valence electrons. The Morgan fingerprint density at radius 1 is 1.23 bits per heavy atom. The van der Waals surface area contributed by atoms with Gasteiger partial charge in [-0.2, -0.15) is 0 Å². The molecule has 2 heterocycles. The number of nitrogens with one attached hydrogen (secondary N) is 1. The highest BCUT2D eigenvalue weighted by Crippen LogP contribution is 2.31. The molecule has 1 aliphatic rings. The van der Waals surface area contributed by atoms with Crippen molar-refractivity contribution < 1.29 is 14.3 Å².